The molecule has 6 heteroatoms. The molecule has 0 spiro atoms. The van der Waals surface area contributed by atoms with Gasteiger partial charge in [-0.2, -0.15) is 0 Å². The number of aryl methyl sites for hydroxylation is 2. The van der Waals surface area contributed by atoms with Crippen LogP contribution in [0, 0.1) is 13.8 Å². The summed E-state index contributed by atoms with van der Waals surface area (Å²) in [5.74, 6) is 1.11. The van der Waals surface area contributed by atoms with Crippen LogP contribution in [-0.2, 0) is 0 Å². The molecular weight excluding hydrogens is 294 g/mol. The first-order valence-electron chi connectivity index (χ1n) is 7.28. The highest BCUT2D eigenvalue weighted by atomic mass is 16.7. The Morgan fingerprint density at radius 2 is 2.00 bits per heavy atom. The molecule has 1 aliphatic heterocycles. The van der Waals surface area contributed by atoms with Crippen LogP contribution in [0.15, 0.2) is 36.5 Å². The molecule has 3 heterocycles. The number of rotatable bonds is 2. The van der Waals surface area contributed by atoms with Gasteiger partial charge >= 0.3 is 0 Å². The van der Waals surface area contributed by atoms with Crippen LogP contribution in [0.5, 0.6) is 11.5 Å². The summed E-state index contributed by atoms with van der Waals surface area (Å²) >= 11 is 0. The number of fused-ring (bicyclic) bond motifs is 2. The van der Waals surface area contributed by atoms with E-state index in [2.05, 4.69) is 10.3 Å². The lowest BCUT2D eigenvalue weighted by Crippen LogP contribution is -2.12. The minimum atomic E-state index is -0.205. The van der Waals surface area contributed by atoms with Crippen molar-refractivity contribution in [1.82, 2.24) is 9.38 Å². The molecule has 23 heavy (non-hydrogen) atoms. The van der Waals surface area contributed by atoms with E-state index >= 15 is 0 Å². The van der Waals surface area contributed by atoms with Gasteiger partial charge in [0, 0.05) is 29.3 Å². The second-order valence-electron chi connectivity index (χ2n) is 5.48. The quantitative estimate of drug-likeness (QED) is 0.790. The number of carbonyl (C=O) groups is 1. The van der Waals surface area contributed by atoms with Crippen molar-refractivity contribution >= 4 is 17.2 Å². The molecular formula is C17H15N3O3. The minimum absolute atomic E-state index is 0.205. The molecule has 0 atom stereocenters. The summed E-state index contributed by atoms with van der Waals surface area (Å²) in [4.78, 5) is 17.0. The summed E-state index contributed by atoms with van der Waals surface area (Å²) in [6.07, 6.45) is 1.85. The Hall–Kier alpha value is -3.02. The van der Waals surface area contributed by atoms with E-state index in [1.807, 2.05) is 30.5 Å². The second-order valence-corrected chi connectivity index (χ2v) is 5.48. The third-order valence-corrected chi connectivity index (χ3v) is 3.81. The Kier molecular flexibility index (Phi) is 2.97. The molecule has 0 saturated carbocycles. The Bertz CT molecular complexity index is 930. The van der Waals surface area contributed by atoms with E-state index in [1.54, 1.807) is 24.3 Å². The van der Waals surface area contributed by atoms with Crippen molar-refractivity contribution < 1.29 is 14.3 Å². The highest BCUT2D eigenvalue weighted by molar-refractivity contribution is 6.08. The highest BCUT2D eigenvalue weighted by Crippen LogP contribution is 2.34. The zero-order chi connectivity index (χ0) is 16.0. The number of ether oxygens (including phenoxy) is 2. The summed E-state index contributed by atoms with van der Waals surface area (Å²) in [7, 11) is 0. The molecule has 3 aromatic rings. The van der Waals surface area contributed by atoms with Crippen molar-refractivity contribution in [3.05, 3.63) is 53.5 Å². The van der Waals surface area contributed by atoms with E-state index in [9.17, 15) is 4.79 Å². The summed E-state index contributed by atoms with van der Waals surface area (Å²) in [5.41, 5.74) is 3.76. The average Bonchev–Trinajstić information content (AvgIpc) is 3.12. The molecule has 0 unspecified atom stereocenters. The van der Waals surface area contributed by atoms with Crippen LogP contribution in [0.4, 0.5) is 5.69 Å². The van der Waals surface area contributed by atoms with Gasteiger partial charge in [0.2, 0.25) is 6.79 Å². The SMILES string of the molecule is Cc1cc(C)n2ccc(C(=O)Nc3ccc4c(c3)OCO4)c2n1. The van der Waals surface area contributed by atoms with Crippen LogP contribution >= 0.6 is 0 Å². The van der Waals surface area contributed by atoms with E-state index in [0.717, 1.165) is 11.4 Å². The molecule has 1 amide bonds. The molecule has 6 nitrogen and oxygen atoms in total. The van der Waals surface area contributed by atoms with Gasteiger partial charge in [0.05, 0.1) is 5.56 Å². The molecule has 0 radical (unpaired) electrons. The van der Waals surface area contributed by atoms with Crippen molar-refractivity contribution in [1.29, 1.82) is 0 Å². The van der Waals surface area contributed by atoms with Gasteiger partial charge in [0.25, 0.3) is 5.91 Å². The lowest BCUT2D eigenvalue weighted by atomic mass is 10.2. The van der Waals surface area contributed by atoms with Crippen molar-refractivity contribution in [2.75, 3.05) is 12.1 Å². The maximum Gasteiger partial charge on any atom is 0.259 e. The maximum atomic E-state index is 12.6. The summed E-state index contributed by atoms with van der Waals surface area (Å²) < 4.78 is 12.5. The first kappa shape index (κ1) is 13.6. The van der Waals surface area contributed by atoms with Crippen LogP contribution in [0.1, 0.15) is 21.7 Å². The van der Waals surface area contributed by atoms with E-state index in [0.29, 0.717) is 28.4 Å². The standard InChI is InChI=1S/C17H15N3O3/c1-10-7-11(2)20-6-5-13(16(20)18-10)17(21)19-12-3-4-14-15(8-12)23-9-22-14/h3-8H,9H2,1-2H3,(H,19,21). The molecule has 1 N–H and O–H groups in total. The molecule has 4 rings (SSSR count). The highest BCUT2D eigenvalue weighted by Gasteiger charge is 2.17. The van der Waals surface area contributed by atoms with Crippen LogP contribution in [0.25, 0.3) is 5.65 Å². The lowest BCUT2D eigenvalue weighted by molar-refractivity contribution is 0.102. The number of hydrogen-bond donors (Lipinski definition) is 1. The molecule has 0 fully saturated rings. The molecule has 1 aliphatic rings. The van der Waals surface area contributed by atoms with Crippen LogP contribution < -0.4 is 14.8 Å². The van der Waals surface area contributed by atoms with Gasteiger partial charge in [-0.25, -0.2) is 4.98 Å². The Balaban J connectivity index is 1.67. The van der Waals surface area contributed by atoms with E-state index in [1.165, 1.54) is 0 Å². The van der Waals surface area contributed by atoms with Crippen LogP contribution in [0.3, 0.4) is 0 Å². The molecule has 2 aromatic heterocycles. The summed E-state index contributed by atoms with van der Waals surface area (Å²) in [5, 5.41) is 2.88. The first-order valence-corrected chi connectivity index (χ1v) is 7.28. The van der Waals surface area contributed by atoms with E-state index < -0.39 is 0 Å². The zero-order valence-electron chi connectivity index (χ0n) is 12.8. The van der Waals surface area contributed by atoms with Crippen LogP contribution in [-0.4, -0.2) is 22.1 Å². The Morgan fingerprint density at radius 3 is 2.87 bits per heavy atom. The topological polar surface area (TPSA) is 64.9 Å². The van der Waals surface area contributed by atoms with Gasteiger partial charge in [-0.1, -0.05) is 0 Å². The normalized spacial score (nSPS) is 12.6. The van der Waals surface area contributed by atoms with Crippen molar-refractivity contribution in [3.63, 3.8) is 0 Å². The van der Waals surface area contributed by atoms with Gasteiger partial charge in [-0.3, -0.25) is 4.79 Å². The van der Waals surface area contributed by atoms with Crippen molar-refractivity contribution in [2.24, 2.45) is 0 Å². The van der Waals surface area contributed by atoms with Gasteiger partial charge in [0.15, 0.2) is 11.5 Å². The second kappa shape index (κ2) is 5.01. The zero-order valence-corrected chi connectivity index (χ0v) is 12.8. The van der Waals surface area contributed by atoms with Gasteiger partial charge < -0.3 is 19.2 Å². The third kappa shape index (κ3) is 2.28. The van der Waals surface area contributed by atoms with E-state index in [-0.39, 0.29) is 12.7 Å². The molecule has 0 bridgehead atoms. The fourth-order valence-electron chi connectivity index (χ4n) is 2.74. The number of aromatic nitrogens is 2. The van der Waals surface area contributed by atoms with Gasteiger partial charge in [0.1, 0.15) is 5.65 Å². The summed E-state index contributed by atoms with van der Waals surface area (Å²) in [6, 6.07) is 9.07. The number of anilines is 1. The maximum absolute atomic E-state index is 12.6. The number of hydrogen-bond acceptors (Lipinski definition) is 4. The van der Waals surface area contributed by atoms with Crippen molar-refractivity contribution in [2.45, 2.75) is 13.8 Å². The molecule has 0 saturated heterocycles. The Labute approximate surface area is 132 Å². The predicted molar refractivity (Wildman–Crippen MR) is 85.2 cm³/mol. The number of nitrogens with zero attached hydrogens (tertiary/aromatic N) is 2. The number of carbonyl (C=O) groups excluding carboxylic acids is 1. The van der Waals surface area contributed by atoms with Crippen molar-refractivity contribution in [3.8, 4) is 11.5 Å². The molecule has 1 aromatic carbocycles. The first-order chi connectivity index (χ1) is 11.1. The Morgan fingerprint density at radius 1 is 1.17 bits per heavy atom. The fourth-order valence-corrected chi connectivity index (χ4v) is 2.74. The smallest absolute Gasteiger partial charge is 0.259 e. The van der Waals surface area contributed by atoms with E-state index in [4.69, 9.17) is 9.47 Å². The minimum Gasteiger partial charge on any atom is -0.454 e. The van der Waals surface area contributed by atoms with Crippen LogP contribution in [0.2, 0.25) is 0 Å². The molecule has 0 aliphatic carbocycles. The van der Waals surface area contributed by atoms with Gasteiger partial charge in [-0.05, 0) is 38.1 Å². The molecule has 116 valence electrons. The largest absolute Gasteiger partial charge is 0.454 e. The fraction of sp³-hybridized carbons (Fsp3) is 0.176. The summed E-state index contributed by atoms with van der Waals surface area (Å²) in [6.45, 7) is 4.11. The number of nitrogens with one attached hydrogen (secondary N) is 1. The number of amides is 1. The number of benzene rings is 1. The lowest BCUT2D eigenvalue weighted by Gasteiger charge is -2.07. The van der Waals surface area contributed by atoms with Gasteiger partial charge in [-0.15, -0.1) is 0 Å². The third-order valence-electron chi connectivity index (χ3n) is 3.81. The predicted octanol–water partition coefficient (Wildman–Crippen LogP) is 2.93. The monoisotopic (exact) mass is 309 g/mol. The average molecular weight is 309 g/mol.